The lowest BCUT2D eigenvalue weighted by Crippen LogP contribution is -2.31. The molecular weight excluding hydrogens is 279 g/mol. The van der Waals surface area contributed by atoms with E-state index in [1.54, 1.807) is 0 Å². The molecule has 0 aliphatic heterocycles. The van der Waals surface area contributed by atoms with Gasteiger partial charge in [0.1, 0.15) is 0 Å². The highest BCUT2D eigenvalue weighted by molar-refractivity contribution is 5.97. The molecule has 0 heterocycles. The van der Waals surface area contributed by atoms with Crippen LogP contribution >= 0.6 is 0 Å². The summed E-state index contributed by atoms with van der Waals surface area (Å²) >= 11 is 0. The van der Waals surface area contributed by atoms with Crippen molar-refractivity contribution in [3.63, 3.8) is 0 Å². The molecule has 1 aliphatic rings. The monoisotopic (exact) mass is 292 g/mol. The van der Waals surface area contributed by atoms with E-state index in [1.807, 2.05) is 0 Å². The summed E-state index contributed by atoms with van der Waals surface area (Å²) in [6.07, 6.45) is -3.91. The molecular formula is C14H13F5O. The Morgan fingerprint density at radius 2 is 1.80 bits per heavy atom. The second-order valence-electron chi connectivity index (χ2n) is 5.10. The lowest BCUT2D eigenvalue weighted by molar-refractivity contribution is -0.184. The number of rotatable bonds is 2. The van der Waals surface area contributed by atoms with Gasteiger partial charge >= 0.3 is 6.18 Å². The van der Waals surface area contributed by atoms with Gasteiger partial charge in [-0.15, -0.1) is 0 Å². The van der Waals surface area contributed by atoms with Gasteiger partial charge in [0.25, 0.3) is 0 Å². The largest absolute Gasteiger partial charge is 0.391 e. The second kappa shape index (κ2) is 5.50. The van der Waals surface area contributed by atoms with Crippen molar-refractivity contribution in [3.8, 4) is 0 Å². The molecule has 6 heteroatoms. The second-order valence-corrected chi connectivity index (χ2v) is 5.10. The fourth-order valence-electron chi connectivity index (χ4n) is 2.61. The fraction of sp³-hybridized carbons (Fsp3) is 0.500. The van der Waals surface area contributed by atoms with E-state index in [2.05, 4.69) is 0 Å². The van der Waals surface area contributed by atoms with Crippen molar-refractivity contribution >= 4 is 5.78 Å². The van der Waals surface area contributed by atoms with Crippen molar-refractivity contribution in [2.24, 2.45) is 11.8 Å². The summed E-state index contributed by atoms with van der Waals surface area (Å²) < 4.78 is 63.9. The van der Waals surface area contributed by atoms with Gasteiger partial charge in [-0.3, -0.25) is 4.79 Å². The number of hydrogen-bond acceptors (Lipinski definition) is 1. The van der Waals surface area contributed by atoms with Crippen LogP contribution in [-0.2, 0) is 0 Å². The van der Waals surface area contributed by atoms with E-state index in [1.165, 1.54) is 0 Å². The maximum atomic E-state index is 13.1. The summed E-state index contributed by atoms with van der Waals surface area (Å²) in [6, 6.07) is 2.67. The topological polar surface area (TPSA) is 17.1 Å². The van der Waals surface area contributed by atoms with Gasteiger partial charge < -0.3 is 0 Å². The quantitative estimate of drug-likeness (QED) is 0.578. The summed E-state index contributed by atoms with van der Waals surface area (Å²) in [5, 5.41) is 0. The zero-order valence-electron chi connectivity index (χ0n) is 10.5. The molecule has 2 atom stereocenters. The average molecular weight is 292 g/mol. The fourth-order valence-corrected chi connectivity index (χ4v) is 2.61. The molecule has 1 fully saturated rings. The molecule has 0 aromatic heterocycles. The molecule has 1 aromatic carbocycles. The highest BCUT2D eigenvalue weighted by atomic mass is 19.4. The Bertz CT molecular complexity index is 509. The van der Waals surface area contributed by atoms with E-state index in [-0.39, 0.29) is 18.4 Å². The third-order valence-corrected chi connectivity index (χ3v) is 3.71. The van der Waals surface area contributed by atoms with Crippen LogP contribution in [0.5, 0.6) is 0 Å². The van der Waals surface area contributed by atoms with Crippen LogP contribution in [0, 0.1) is 23.5 Å². The Morgan fingerprint density at radius 1 is 1.10 bits per heavy atom. The predicted octanol–water partition coefficient (Wildman–Crippen LogP) is 4.52. The van der Waals surface area contributed by atoms with Crippen LogP contribution in [0.2, 0.25) is 0 Å². The predicted molar refractivity (Wildman–Crippen MR) is 62.2 cm³/mol. The van der Waals surface area contributed by atoms with Crippen LogP contribution in [0.4, 0.5) is 22.0 Å². The third-order valence-electron chi connectivity index (χ3n) is 3.71. The molecule has 1 nitrogen and oxygen atoms in total. The normalized spacial score (nSPS) is 23.6. The van der Waals surface area contributed by atoms with Crippen LogP contribution in [0.25, 0.3) is 0 Å². The van der Waals surface area contributed by atoms with Crippen LogP contribution in [-0.4, -0.2) is 12.0 Å². The summed E-state index contributed by atoms with van der Waals surface area (Å²) in [6.45, 7) is 0. The van der Waals surface area contributed by atoms with Gasteiger partial charge in [0.2, 0.25) is 0 Å². The summed E-state index contributed by atoms with van der Waals surface area (Å²) in [7, 11) is 0. The van der Waals surface area contributed by atoms with Gasteiger partial charge in [-0.2, -0.15) is 13.2 Å². The minimum Gasteiger partial charge on any atom is -0.294 e. The molecule has 0 radical (unpaired) electrons. The molecule has 0 N–H and O–H groups in total. The first-order valence-corrected chi connectivity index (χ1v) is 6.35. The molecule has 20 heavy (non-hydrogen) atoms. The van der Waals surface area contributed by atoms with Gasteiger partial charge in [0.05, 0.1) is 5.92 Å². The number of alkyl halides is 3. The van der Waals surface area contributed by atoms with Crippen molar-refractivity contribution in [1.82, 2.24) is 0 Å². The molecule has 1 aliphatic carbocycles. The lowest BCUT2D eigenvalue weighted by Gasteiger charge is -2.29. The Balaban J connectivity index is 2.14. The van der Waals surface area contributed by atoms with E-state index in [9.17, 15) is 26.7 Å². The highest BCUT2D eigenvalue weighted by Crippen LogP contribution is 2.40. The number of Topliss-reactive ketones (excluding diaryl/α,β-unsaturated/α-hetero) is 1. The summed E-state index contributed by atoms with van der Waals surface area (Å²) in [5.41, 5.74) is -0.0725. The maximum absolute atomic E-state index is 13.1. The zero-order valence-corrected chi connectivity index (χ0v) is 10.5. The van der Waals surface area contributed by atoms with Crippen LogP contribution in [0.1, 0.15) is 36.0 Å². The number of hydrogen-bond donors (Lipinski definition) is 0. The molecule has 2 rings (SSSR count). The first-order valence-electron chi connectivity index (χ1n) is 6.35. The summed E-state index contributed by atoms with van der Waals surface area (Å²) in [4.78, 5) is 12.1. The van der Waals surface area contributed by atoms with Crippen molar-refractivity contribution < 1.29 is 26.7 Å². The molecule has 0 spiro atoms. The van der Waals surface area contributed by atoms with E-state index in [0.717, 1.165) is 18.2 Å². The smallest absolute Gasteiger partial charge is 0.294 e. The van der Waals surface area contributed by atoms with Gasteiger partial charge in [0, 0.05) is 11.5 Å². The Labute approximate surface area is 112 Å². The highest BCUT2D eigenvalue weighted by Gasteiger charge is 2.43. The minimum absolute atomic E-state index is 0.0189. The number of benzene rings is 1. The maximum Gasteiger partial charge on any atom is 0.391 e. The summed E-state index contributed by atoms with van der Waals surface area (Å²) in [5.74, 6) is -5.06. The Morgan fingerprint density at radius 3 is 2.40 bits per heavy atom. The van der Waals surface area contributed by atoms with Gasteiger partial charge in [0.15, 0.2) is 17.4 Å². The number of halogens is 5. The van der Waals surface area contributed by atoms with Crippen molar-refractivity contribution in [3.05, 3.63) is 35.4 Å². The van der Waals surface area contributed by atoms with Crippen LogP contribution in [0.15, 0.2) is 18.2 Å². The van der Waals surface area contributed by atoms with E-state index < -0.39 is 35.4 Å². The molecule has 0 saturated heterocycles. The molecule has 0 bridgehead atoms. The van der Waals surface area contributed by atoms with Crippen LogP contribution < -0.4 is 0 Å². The Hall–Kier alpha value is -1.46. The van der Waals surface area contributed by atoms with Gasteiger partial charge in [-0.25, -0.2) is 8.78 Å². The van der Waals surface area contributed by atoms with E-state index in [0.29, 0.717) is 12.8 Å². The van der Waals surface area contributed by atoms with Gasteiger partial charge in [-0.1, -0.05) is 6.42 Å². The van der Waals surface area contributed by atoms with Crippen molar-refractivity contribution in [2.75, 3.05) is 0 Å². The van der Waals surface area contributed by atoms with Gasteiger partial charge in [-0.05, 0) is 37.5 Å². The molecule has 2 unspecified atom stereocenters. The SMILES string of the molecule is O=C(c1ccc(F)c(F)c1)C1CCCC(C(F)(F)F)C1. The number of ketones is 1. The number of carbonyl (C=O) groups is 1. The standard InChI is InChI=1S/C14H13F5O/c15-11-5-4-9(7-12(11)16)13(20)8-2-1-3-10(6-8)14(17,18)19/h4-5,7-8,10H,1-3,6H2. The van der Waals surface area contributed by atoms with Crippen LogP contribution in [0.3, 0.4) is 0 Å². The molecule has 1 aromatic rings. The lowest BCUT2D eigenvalue weighted by atomic mass is 9.77. The van der Waals surface area contributed by atoms with Crippen molar-refractivity contribution in [1.29, 1.82) is 0 Å². The molecule has 110 valence electrons. The van der Waals surface area contributed by atoms with Crippen molar-refractivity contribution in [2.45, 2.75) is 31.9 Å². The third kappa shape index (κ3) is 3.16. The zero-order chi connectivity index (χ0) is 14.9. The molecule has 0 amide bonds. The first kappa shape index (κ1) is 14.9. The van der Waals surface area contributed by atoms with E-state index in [4.69, 9.17) is 0 Å². The average Bonchev–Trinajstić information content (AvgIpc) is 2.40. The minimum atomic E-state index is -4.31. The first-order chi connectivity index (χ1) is 9.29. The van der Waals surface area contributed by atoms with E-state index >= 15 is 0 Å². The number of carbonyl (C=O) groups excluding carboxylic acids is 1. The Kier molecular flexibility index (Phi) is 4.11. The molecule has 1 saturated carbocycles.